The molecule has 1 N–H and O–H groups in total. The van der Waals surface area contributed by atoms with Gasteiger partial charge in [0.25, 0.3) is 0 Å². The average molecular weight is 267 g/mol. The molecule has 2 amide bonds. The standard InChI is InChI=1S/C13H11F2NO3/c14-9-5-7(3-4-17)6-10(15)12(9)8-1-2-11(18)16-13(8)19/h4-6,8H,1-3H2,(H,16,18,19)/t8-/m1/s1. The van der Waals surface area contributed by atoms with Crippen LogP contribution in [-0.2, 0) is 20.8 Å². The number of carbonyl (C=O) groups excluding carboxylic acids is 3. The van der Waals surface area contributed by atoms with E-state index in [0.717, 1.165) is 12.1 Å². The van der Waals surface area contributed by atoms with E-state index in [9.17, 15) is 23.2 Å². The molecule has 19 heavy (non-hydrogen) atoms. The van der Waals surface area contributed by atoms with Crippen molar-refractivity contribution in [3.8, 4) is 0 Å². The second-order valence-corrected chi connectivity index (χ2v) is 4.35. The van der Waals surface area contributed by atoms with Gasteiger partial charge in [-0.2, -0.15) is 0 Å². The highest BCUT2D eigenvalue weighted by atomic mass is 19.1. The molecule has 4 nitrogen and oxygen atoms in total. The van der Waals surface area contributed by atoms with Crippen molar-refractivity contribution in [2.75, 3.05) is 0 Å². The fourth-order valence-electron chi connectivity index (χ4n) is 2.15. The van der Waals surface area contributed by atoms with E-state index in [1.54, 1.807) is 0 Å². The third-order valence-electron chi connectivity index (χ3n) is 3.05. The van der Waals surface area contributed by atoms with Gasteiger partial charge in [-0.05, 0) is 24.1 Å². The van der Waals surface area contributed by atoms with Crippen LogP contribution in [0.1, 0.15) is 29.9 Å². The Bertz CT molecular complexity index is 534. The van der Waals surface area contributed by atoms with Gasteiger partial charge in [0, 0.05) is 18.4 Å². The van der Waals surface area contributed by atoms with Crippen LogP contribution in [0.3, 0.4) is 0 Å². The molecule has 1 aromatic rings. The zero-order valence-corrected chi connectivity index (χ0v) is 9.91. The Kier molecular flexibility index (Phi) is 3.69. The second-order valence-electron chi connectivity index (χ2n) is 4.35. The van der Waals surface area contributed by atoms with Crippen LogP contribution in [0.15, 0.2) is 12.1 Å². The Labute approximate surface area is 107 Å². The van der Waals surface area contributed by atoms with Gasteiger partial charge < -0.3 is 4.79 Å². The molecular weight excluding hydrogens is 256 g/mol. The molecule has 0 radical (unpaired) electrons. The van der Waals surface area contributed by atoms with Crippen molar-refractivity contribution in [3.05, 3.63) is 34.9 Å². The summed E-state index contributed by atoms with van der Waals surface area (Å²) in [5.74, 6) is -3.89. The summed E-state index contributed by atoms with van der Waals surface area (Å²) in [5, 5.41) is 2.05. The van der Waals surface area contributed by atoms with Gasteiger partial charge >= 0.3 is 0 Å². The number of piperidine rings is 1. The lowest BCUT2D eigenvalue weighted by atomic mass is 9.89. The minimum absolute atomic E-state index is 0.0470. The van der Waals surface area contributed by atoms with E-state index in [2.05, 4.69) is 5.32 Å². The molecule has 1 atom stereocenters. The van der Waals surface area contributed by atoms with Crippen molar-refractivity contribution in [3.63, 3.8) is 0 Å². The molecule has 2 rings (SSSR count). The van der Waals surface area contributed by atoms with Gasteiger partial charge in [0.05, 0.1) is 5.92 Å². The lowest BCUT2D eigenvalue weighted by molar-refractivity contribution is -0.134. The van der Waals surface area contributed by atoms with E-state index in [4.69, 9.17) is 0 Å². The Balaban J connectivity index is 2.37. The molecule has 1 aromatic carbocycles. The maximum Gasteiger partial charge on any atom is 0.234 e. The summed E-state index contributed by atoms with van der Waals surface area (Å²) in [4.78, 5) is 32.9. The SMILES string of the molecule is O=CCc1cc(F)c([C@H]2CCC(=O)NC2=O)c(F)c1. The number of hydrogen-bond donors (Lipinski definition) is 1. The molecule has 0 aromatic heterocycles. The van der Waals surface area contributed by atoms with Gasteiger partial charge in [-0.3, -0.25) is 14.9 Å². The number of carbonyl (C=O) groups is 3. The van der Waals surface area contributed by atoms with Crippen LogP contribution in [-0.4, -0.2) is 18.1 Å². The molecule has 0 saturated carbocycles. The van der Waals surface area contributed by atoms with Crippen LogP contribution >= 0.6 is 0 Å². The quantitative estimate of drug-likeness (QED) is 0.661. The lowest BCUT2D eigenvalue weighted by Gasteiger charge is -2.22. The summed E-state index contributed by atoms with van der Waals surface area (Å²) in [5.41, 5.74) is -0.138. The van der Waals surface area contributed by atoms with Crippen LogP contribution in [0.4, 0.5) is 8.78 Å². The molecule has 1 heterocycles. The minimum atomic E-state index is -1.01. The predicted molar refractivity (Wildman–Crippen MR) is 61.3 cm³/mol. The summed E-state index contributed by atoms with van der Waals surface area (Å²) < 4.78 is 27.7. The number of rotatable bonds is 3. The number of imide groups is 1. The lowest BCUT2D eigenvalue weighted by Crippen LogP contribution is -2.40. The average Bonchev–Trinajstić information content (AvgIpc) is 2.31. The molecule has 1 fully saturated rings. The first-order valence-corrected chi connectivity index (χ1v) is 5.78. The van der Waals surface area contributed by atoms with E-state index in [-0.39, 0.29) is 30.4 Å². The highest BCUT2D eigenvalue weighted by molar-refractivity contribution is 6.00. The highest BCUT2D eigenvalue weighted by Gasteiger charge is 2.32. The van der Waals surface area contributed by atoms with E-state index in [1.165, 1.54) is 0 Å². The summed E-state index contributed by atoms with van der Waals surface area (Å²) in [7, 11) is 0. The fourth-order valence-corrected chi connectivity index (χ4v) is 2.15. The molecule has 6 heteroatoms. The van der Waals surface area contributed by atoms with E-state index in [1.807, 2.05) is 0 Å². The molecule has 1 aliphatic heterocycles. The topological polar surface area (TPSA) is 63.2 Å². The highest BCUT2D eigenvalue weighted by Crippen LogP contribution is 2.30. The summed E-state index contributed by atoms with van der Waals surface area (Å²) >= 11 is 0. The Morgan fingerprint density at radius 1 is 1.26 bits per heavy atom. The minimum Gasteiger partial charge on any atom is -0.303 e. The Morgan fingerprint density at radius 3 is 2.42 bits per heavy atom. The van der Waals surface area contributed by atoms with Crippen LogP contribution in [0.5, 0.6) is 0 Å². The third-order valence-corrected chi connectivity index (χ3v) is 3.05. The normalized spacial score (nSPS) is 19.2. The molecule has 1 saturated heterocycles. The molecular formula is C13H11F2NO3. The maximum atomic E-state index is 13.9. The first-order valence-electron chi connectivity index (χ1n) is 5.78. The van der Waals surface area contributed by atoms with Crippen LogP contribution in [0.25, 0.3) is 0 Å². The van der Waals surface area contributed by atoms with Crippen molar-refractivity contribution in [2.24, 2.45) is 0 Å². The van der Waals surface area contributed by atoms with Crippen molar-refractivity contribution < 1.29 is 23.2 Å². The number of amides is 2. The van der Waals surface area contributed by atoms with Crippen molar-refractivity contribution in [1.82, 2.24) is 5.32 Å². The first kappa shape index (κ1) is 13.3. The van der Waals surface area contributed by atoms with Gasteiger partial charge in [-0.15, -0.1) is 0 Å². The number of aldehydes is 1. The largest absolute Gasteiger partial charge is 0.303 e. The van der Waals surface area contributed by atoms with Gasteiger partial charge in [-0.1, -0.05) is 0 Å². The third kappa shape index (κ3) is 2.67. The molecule has 1 aliphatic rings. The van der Waals surface area contributed by atoms with E-state index >= 15 is 0 Å². The number of nitrogens with one attached hydrogen (secondary N) is 1. The number of benzene rings is 1. The predicted octanol–water partition coefficient (Wildman–Crippen LogP) is 1.23. The first-order chi connectivity index (χ1) is 9.02. The maximum absolute atomic E-state index is 13.9. The van der Waals surface area contributed by atoms with Gasteiger partial charge in [0.15, 0.2) is 0 Å². The molecule has 0 bridgehead atoms. The van der Waals surface area contributed by atoms with Crippen LogP contribution in [0, 0.1) is 11.6 Å². The zero-order chi connectivity index (χ0) is 14.0. The second kappa shape index (κ2) is 5.26. The van der Waals surface area contributed by atoms with Crippen molar-refractivity contribution >= 4 is 18.1 Å². The molecule has 100 valence electrons. The summed E-state index contributed by atoms with van der Waals surface area (Å²) in [6.07, 6.45) is 0.570. The molecule has 0 aliphatic carbocycles. The summed E-state index contributed by atoms with van der Waals surface area (Å²) in [6, 6.07) is 2.08. The van der Waals surface area contributed by atoms with E-state index in [0.29, 0.717) is 6.29 Å². The van der Waals surface area contributed by atoms with Crippen molar-refractivity contribution in [2.45, 2.75) is 25.2 Å². The Hall–Kier alpha value is -2.11. The fraction of sp³-hybridized carbons (Fsp3) is 0.308. The number of halogens is 2. The van der Waals surface area contributed by atoms with Crippen LogP contribution in [0.2, 0.25) is 0 Å². The smallest absolute Gasteiger partial charge is 0.234 e. The van der Waals surface area contributed by atoms with Gasteiger partial charge in [-0.25, -0.2) is 8.78 Å². The summed E-state index contributed by atoms with van der Waals surface area (Å²) in [6.45, 7) is 0. The molecule has 0 unspecified atom stereocenters. The van der Waals surface area contributed by atoms with E-state index < -0.39 is 29.4 Å². The monoisotopic (exact) mass is 267 g/mol. The van der Waals surface area contributed by atoms with Crippen LogP contribution < -0.4 is 5.32 Å². The van der Waals surface area contributed by atoms with Gasteiger partial charge in [0.1, 0.15) is 17.9 Å². The Morgan fingerprint density at radius 2 is 1.89 bits per heavy atom. The van der Waals surface area contributed by atoms with Crippen molar-refractivity contribution in [1.29, 1.82) is 0 Å². The number of hydrogen-bond acceptors (Lipinski definition) is 3. The zero-order valence-electron chi connectivity index (χ0n) is 9.91. The van der Waals surface area contributed by atoms with Gasteiger partial charge in [0.2, 0.25) is 11.8 Å². The molecule has 0 spiro atoms.